The quantitative estimate of drug-likeness (QED) is 0.639. The topological polar surface area (TPSA) is 51.8 Å². The Labute approximate surface area is 145 Å². The molecule has 0 radical (unpaired) electrons. The first-order chi connectivity index (χ1) is 11.1. The fourth-order valence-electron chi connectivity index (χ4n) is 1.92. The average Bonchev–Trinajstić information content (AvgIpc) is 2.94. The Kier molecular flexibility index (Phi) is 4.83. The molecule has 0 saturated heterocycles. The van der Waals surface area contributed by atoms with E-state index in [2.05, 4.69) is 31.1 Å². The summed E-state index contributed by atoms with van der Waals surface area (Å²) in [7, 11) is 0. The summed E-state index contributed by atoms with van der Waals surface area (Å²) < 4.78 is 19.5. The van der Waals surface area contributed by atoms with Gasteiger partial charge in [0.05, 0.1) is 23.3 Å². The molecular formula is C16H10BrClFN3O. The standard InChI is InChI=1S/C16H10BrClFN3O/c17-11-3-1-2-10(6-11)7-16-22-21-15(23-16)5-4-14-13(18)8-12(19)9-20-14/h1-6,8-9H,7H2. The first-order valence-electron chi connectivity index (χ1n) is 6.66. The summed E-state index contributed by atoms with van der Waals surface area (Å²) >= 11 is 9.32. The van der Waals surface area contributed by atoms with E-state index in [0.29, 0.717) is 23.9 Å². The van der Waals surface area contributed by atoms with Gasteiger partial charge in [-0.2, -0.15) is 0 Å². The summed E-state index contributed by atoms with van der Waals surface area (Å²) in [6, 6.07) is 9.05. The third-order valence-electron chi connectivity index (χ3n) is 2.95. The molecular weight excluding hydrogens is 385 g/mol. The second kappa shape index (κ2) is 7.02. The molecule has 7 heteroatoms. The Balaban J connectivity index is 1.73. The molecule has 0 N–H and O–H groups in total. The summed E-state index contributed by atoms with van der Waals surface area (Å²) in [5, 5.41) is 8.15. The summed E-state index contributed by atoms with van der Waals surface area (Å²) in [5.41, 5.74) is 1.49. The van der Waals surface area contributed by atoms with Gasteiger partial charge >= 0.3 is 0 Å². The second-order valence-corrected chi connectivity index (χ2v) is 6.02. The molecule has 0 amide bonds. The van der Waals surface area contributed by atoms with Crippen molar-refractivity contribution < 1.29 is 8.81 Å². The number of rotatable bonds is 4. The Bertz CT molecular complexity index is 866. The third-order valence-corrected chi connectivity index (χ3v) is 3.74. The molecule has 0 atom stereocenters. The molecule has 2 aromatic heterocycles. The number of pyridine rings is 1. The smallest absolute Gasteiger partial charge is 0.240 e. The predicted molar refractivity (Wildman–Crippen MR) is 89.4 cm³/mol. The van der Waals surface area contributed by atoms with Gasteiger partial charge in [0.2, 0.25) is 11.8 Å². The molecule has 0 aliphatic heterocycles. The van der Waals surface area contributed by atoms with Crippen molar-refractivity contribution in [2.24, 2.45) is 0 Å². The predicted octanol–water partition coefficient (Wildman–Crippen LogP) is 4.78. The minimum Gasteiger partial charge on any atom is -0.421 e. The maximum absolute atomic E-state index is 12.9. The van der Waals surface area contributed by atoms with Crippen LogP contribution in [0.3, 0.4) is 0 Å². The van der Waals surface area contributed by atoms with Gasteiger partial charge in [-0.05, 0) is 29.8 Å². The van der Waals surface area contributed by atoms with Crippen molar-refractivity contribution in [3.8, 4) is 0 Å². The number of hydrogen-bond acceptors (Lipinski definition) is 4. The average molecular weight is 395 g/mol. The first-order valence-corrected chi connectivity index (χ1v) is 7.83. The molecule has 0 spiro atoms. The van der Waals surface area contributed by atoms with E-state index in [-0.39, 0.29) is 5.02 Å². The Morgan fingerprint density at radius 2 is 2.09 bits per heavy atom. The Morgan fingerprint density at radius 1 is 1.22 bits per heavy atom. The molecule has 0 saturated carbocycles. The van der Waals surface area contributed by atoms with Gasteiger partial charge in [0.1, 0.15) is 5.82 Å². The highest BCUT2D eigenvalue weighted by Crippen LogP contribution is 2.18. The van der Waals surface area contributed by atoms with Crippen LogP contribution in [0.5, 0.6) is 0 Å². The number of hydrogen-bond donors (Lipinski definition) is 0. The number of aromatic nitrogens is 3. The second-order valence-electron chi connectivity index (χ2n) is 4.69. The molecule has 0 fully saturated rings. The van der Waals surface area contributed by atoms with Gasteiger partial charge in [-0.15, -0.1) is 10.2 Å². The molecule has 0 aliphatic rings. The van der Waals surface area contributed by atoms with Gasteiger partial charge in [0, 0.05) is 10.5 Å². The Morgan fingerprint density at radius 3 is 2.87 bits per heavy atom. The lowest BCUT2D eigenvalue weighted by Gasteiger charge is -1.97. The van der Waals surface area contributed by atoms with E-state index in [1.807, 2.05) is 24.3 Å². The number of benzene rings is 1. The van der Waals surface area contributed by atoms with E-state index in [1.165, 1.54) is 6.07 Å². The molecule has 0 bridgehead atoms. The maximum atomic E-state index is 12.9. The molecule has 3 aromatic rings. The molecule has 1 aromatic carbocycles. The molecule has 116 valence electrons. The summed E-state index contributed by atoms with van der Waals surface area (Å²) in [6.45, 7) is 0. The third kappa shape index (κ3) is 4.24. The van der Waals surface area contributed by atoms with E-state index in [4.69, 9.17) is 16.0 Å². The molecule has 0 aliphatic carbocycles. The van der Waals surface area contributed by atoms with Crippen molar-refractivity contribution in [3.63, 3.8) is 0 Å². The summed E-state index contributed by atoms with van der Waals surface area (Å²) in [4.78, 5) is 3.89. The first kappa shape index (κ1) is 15.8. The summed E-state index contributed by atoms with van der Waals surface area (Å²) in [6.07, 6.45) is 4.82. The largest absolute Gasteiger partial charge is 0.421 e. The molecule has 2 heterocycles. The highest BCUT2D eigenvalue weighted by molar-refractivity contribution is 9.10. The normalized spacial score (nSPS) is 11.3. The highest BCUT2D eigenvalue weighted by Gasteiger charge is 2.06. The molecule has 0 unspecified atom stereocenters. The minimum absolute atomic E-state index is 0.218. The van der Waals surface area contributed by atoms with Crippen molar-refractivity contribution in [2.75, 3.05) is 0 Å². The lowest BCUT2D eigenvalue weighted by molar-refractivity contribution is 0.496. The molecule has 4 nitrogen and oxygen atoms in total. The van der Waals surface area contributed by atoms with Crippen LogP contribution < -0.4 is 0 Å². The van der Waals surface area contributed by atoms with E-state index in [9.17, 15) is 4.39 Å². The van der Waals surface area contributed by atoms with Gasteiger partial charge in [0.15, 0.2) is 0 Å². The van der Waals surface area contributed by atoms with Gasteiger partial charge in [-0.1, -0.05) is 39.7 Å². The fourth-order valence-corrected chi connectivity index (χ4v) is 2.59. The fraction of sp³-hybridized carbons (Fsp3) is 0.0625. The van der Waals surface area contributed by atoms with E-state index in [0.717, 1.165) is 16.2 Å². The minimum atomic E-state index is -0.485. The van der Waals surface area contributed by atoms with Gasteiger partial charge in [0.25, 0.3) is 0 Å². The van der Waals surface area contributed by atoms with E-state index < -0.39 is 5.82 Å². The molecule has 23 heavy (non-hydrogen) atoms. The zero-order valence-electron chi connectivity index (χ0n) is 11.7. The van der Waals surface area contributed by atoms with Crippen molar-refractivity contribution >= 4 is 39.7 Å². The zero-order chi connectivity index (χ0) is 16.2. The van der Waals surface area contributed by atoms with Crippen LogP contribution in [0.25, 0.3) is 12.2 Å². The van der Waals surface area contributed by atoms with Crippen LogP contribution in [0.1, 0.15) is 23.0 Å². The maximum Gasteiger partial charge on any atom is 0.240 e. The van der Waals surface area contributed by atoms with E-state index >= 15 is 0 Å². The SMILES string of the molecule is Fc1cnc(C=Cc2nnc(Cc3cccc(Br)c3)o2)c(Cl)c1. The summed E-state index contributed by atoms with van der Waals surface area (Å²) in [5.74, 6) is 0.347. The van der Waals surface area contributed by atoms with Crippen molar-refractivity contribution in [1.82, 2.24) is 15.2 Å². The monoisotopic (exact) mass is 393 g/mol. The van der Waals surface area contributed by atoms with Crippen LogP contribution in [-0.4, -0.2) is 15.2 Å². The van der Waals surface area contributed by atoms with Crippen molar-refractivity contribution in [1.29, 1.82) is 0 Å². The van der Waals surface area contributed by atoms with Gasteiger partial charge in [-0.3, -0.25) is 4.98 Å². The van der Waals surface area contributed by atoms with Crippen LogP contribution in [0.15, 0.2) is 45.4 Å². The van der Waals surface area contributed by atoms with Crippen molar-refractivity contribution in [2.45, 2.75) is 6.42 Å². The number of halogens is 3. The van der Waals surface area contributed by atoms with Crippen LogP contribution in [0, 0.1) is 5.82 Å². The number of nitrogens with zero attached hydrogens (tertiary/aromatic N) is 3. The van der Waals surface area contributed by atoms with Crippen LogP contribution in [0.2, 0.25) is 5.02 Å². The van der Waals surface area contributed by atoms with Crippen molar-refractivity contribution in [3.05, 3.63) is 74.9 Å². The Hall–Kier alpha value is -2.05. The van der Waals surface area contributed by atoms with Crippen LogP contribution in [-0.2, 0) is 6.42 Å². The van der Waals surface area contributed by atoms with Crippen LogP contribution in [0.4, 0.5) is 4.39 Å². The van der Waals surface area contributed by atoms with E-state index in [1.54, 1.807) is 12.2 Å². The zero-order valence-corrected chi connectivity index (χ0v) is 14.1. The lowest BCUT2D eigenvalue weighted by Crippen LogP contribution is -1.87. The molecule has 3 rings (SSSR count). The van der Waals surface area contributed by atoms with Gasteiger partial charge in [-0.25, -0.2) is 4.39 Å². The lowest BCUT2D eigenvalue weighted by atomic mass is 10.1. The highest BCUT2D eigenvalue weighted by atomic mass is 79.9. The van der Waals surface area contributed by atoms with Crippen LogP contribution >= 0.6 is 27.5 Å². The van der Waals surface area contributed by atoms with Gasteiger partial charge < -0.3 is 4.42 Å².